The van der Waals surface area contributed by atoms with Gasteiger partial charge in [-0.3, -0.25) is 9.78 Å². The van der Waals surface area contributed by atoms with Crippen LogP contribution in [0.5, 0.6) is 0 Å². The van der Waals surface area contributed by atoms with Crippen LogP contribution in [0, 0.1) is 0 Å². The molecule has 0 spiro atoms. The topological polar surface area (TPSA) is 36.4 Å². The van der Waals surface area contributed by atoms with Crippen LogP contribution in [0.1, 0.15) is 32.4 Å². The van der Waals surface area contributed by atoms with E-state index in [9.17, 15) is 4.79 Å². The lowest BCUT2D eigenvalue weighted by atomic mass is 10.1. The van der Waals surface area contributed by atoms with Gasteiger partial charge < -0.3 is 9.80 Å². The Labute approximate surface area is 109 Å². The molecule has 0 unspecified atom stereocenters. The molecule has 18 heavy (non-hydrogen) atoms. The number of carbonyl (C=O) groups excluding carboxylic acids is 1. The Balaban J connectivity index is 2.05. The van der Waals surface area contributed by atoms with Gasteiger partial charge in [0.2, 0.25) is 5.91 Å². The molecule has 2 rings (SSSR count). The molecule has 1 amide bonds. The number of rotatable bonds is 2. The van der Waals surface area contributed by atoms with Gasteiger partial charge in [0.05, 0.1) is 0 Å². The van der Waals surface area contributed by atoms with Crippen LogP contribution in [0.2, 0.25) is 0 Å². The lowest BCUT2D eigenvalue weighted by Crippen LogP contribution is -2.48. The first-order valence-electron chi connectivity index (χ1n) is 6.54. The molecule has 2 heterocycles. The summed E-state index contributed by atoms with van der Waals surface area (Å²) < 4.78 is 0. The van der Waals surface area contributed by atoms with E-state index < -0.39 is 0 Å². The second-order valence-electron chi connectivity index (χ2n) is 5.09. The molecule has 1 aromatic rings. The first kappa shape index (κ1) is 12.9. The van der Waals surface area contributed by atoms with Crippen LogP contribution >= 0.6 is 0 Å². The summed E-state index contributed by atoms with van der Waals surface area (Å²) in [6.07, 6.45) is 1.88. The molecule has 4 nitrogen and oxygen atoms in total. The number of amides is 1. The van der Waals surface area contributed by atoms with Gasteiger partial charge in [-0.15, -0.1) is 0 Å². The number of anilines is 1. The second-order valence-corrected chi connectivity index (χ2v) is 5.09. The fourth-order valence-corrected chi connectivity index (χ4v) is 2.23. The monoisotopic (exact) mass is 247 g/mol. The Hall–Kier alpha value is -1.58. The Bertz CT molecular complexity index is 423. The third-order valence-electron chi connectivity index (χ3n) is 3.45. The molecule has 0 atom stereocenters. The molecule has 0 aliphatic carbocycles. The van der Waals surface area contributed by atoms with E-state index in [0.717, 1.165) is 31.9 Å². The lowest BCUT2D eigenvalue weighted by Gasteiger charge is -2.35. The summed E-state index contributed by atoms with van der Waals surface area (Å²) in [6, 6.07) is 4.21. The number of hydrogen-bond acceptors (Lipinski definition) is 3. The standard InChI is InChI=1S/C14H21N3O/c1-11(2)14-10-13(4-5-15-14)17-8-6-16(7-9-17)12(3)18/h4-5,10-11H,6-9H2,1-3H3. The van der Waals surface area contributed by atoms with E-state index >= 15 is 0 Å². The summed E-state index contributed by atoms with van der Waals surface area (Å²) in [7, 11) is 0. The summed E-state index contributed by atoms with van der Waals surface area (Å²) in [5, 5.41) is 0. The van der Waals surface area contributed by atoms with Crippen LogP contribution in [-0.2, 0) is 4.79 Å². The number of nitrogens with zero attached hydrogens (tertiary/aromatic N) is 3. The zero-order valence-electron chi connectivity index (χ0n) is 11.4. The molecule has 1 aliphatic heterocycles. The number of carbonyl (C=O) groups is 1. The van der Waals surface area contributed by atoms with Gasteiger partial charge in [-0.25, -0.2) is 0 Å². The van der Waals surface area contributed by atoms with Crippen LogP contribution in [0.15, 0.2) is 18.3 Å². The first-order valence-corrected chi connectivity index (χ1v) is 6.54. The average molecular weight is 247 g/mol. The molecule has 0 N–H and O–H groups in total. The van der Waals surface area contributed by atoms with Gasteiger partial charge in [-0.1, -0.05) is 13.8 Å². The van der Waals surface area contributed by atoms with Crippen molar-refractivity contribution in [2.45, 2.75) is 26.7 Å². The van der Waals surface area contributed by atoms with Gasteiger partial charge in [0.15, 0.2) is 0 Å². The first-order chi connectivity index (χ1) is 8.58. The van der Waals surface area contributed by atoms with Crippen molar-refractivity contribution in [2.24, 2.45) is 0 Å². The SMILES string of the molecule is CC(=O)N1CCN(c2ccnc(C(C)C)c2)CC1. The van der Waals surface area contributed by atoms with Gasteiger partial charge in [-0.2, -0.15) is 0 Å². The van der Waals surface area contributed by atoms with E-state index in [2.05, 4.69) is 35.9 Å². The van der Waals surface area contributed by atoms with Crippen LogP contribution < -0.4 is 4.90 Å². The van der Waals surface area contributed by atoms with Gasteiger partial charge in [0.25, 0.3) is 0 Å². The van der Waals surface area contributed by atoms with Gasteiger partial charge in [-0.05, 0) is 18.1 Å². The van der Waals surface area contributed by atoms with E-state index in [-0.39, 0.29) is 5.91 Å². The molecular weight excluding hydrogens is 226 g/mol. The highest BCUT2D eigenvalue weighted by Gasteiger charge is 2.19. The maximum atomic E-state index is 11.3. The van der Waals surface area contributed by atoms with Gasteiger partial charge >= 0.3 is 0 Å². The number of piperazine rings is 1. The summed E-state index contributed by atoms with van der Waals surface area (Å²) >= 11 is 0. The van der Waals surface area contributed by atoms with Crippen LogP contribution in [0.4, 0.5) is 5.69 Å². The molecule has 0 aromatic carbocycles. The predicted molar refractivity (Wildman–Crippen MR) is 72.8 cm³/mol. The minimum absolute atomic E-state index is 0.173. The van der Waals surface area contributed by atoms with Crippen molar-refractivity contribution in [3.8, 4) is 0 Å². The smallest absolute Gasteiger partial charge is 0.219 e. The normalized spacial score (nSPS) is 16.2. The van der Waals surface area contributed by atoms with Gasteiger partial charge in [0.1, 0.15) is 0 Å². The number of hydrogen-bond donors (Lipinski definition) is 0. The summed E-state index contributed by atoms with van der Waals surface area (Å²) in [5.41, 5.74) is 2.35. The zero-order chi connectivity index (χ0) is 13.1. The fraction of sp³-hybridized carbons (Fsp3) is 0.571. The third kappa shape index (κ3) is 2.81. The van der Waals surface area contributed by atoms with Crippen molar-refractivity contribution in [1.82, 2.24) is 9.88 Å². The minimum atomic E-state index is 0.173. The summed E-state index contributed by atoms with van der Waals surface area (Å²) in [5.74, 6) is 0.621. The zero-order valence-corrected chi connectivity index (χ0v) is 11.4. The van der Waals surface area contributed by atoms with E-state index in [1.807, 2.05) is 11.1 Å². The molecule has 0 bridgehead atoms. The molecule has 1 saturated heterocycles. The highest BCUT2D eigenvalue weighted by molar-refractivity contribution is 5.73. The summed E-state index contributed by atoms with van der Waals surface area (Å²) in [6.45, 7) is 9.38. The molecule has 1 aliphatic rings. The number of pyridine rings is 1. The molecular formula is C14H21N3O. The van der Waals surface area contributed by atoms with Crippen molar-refractivity contribution in [3.05, 3.63) is 24.0 Å². The van der Waals surface area contributed by atoms with Crippen LogP contribution in [-0.4, -0.2) is 42.0 Å². The quantitative estimate of drug-likeness (QED) is 0.800. The van der Waals surface area contributed by atoms with Crippen LogP contribution in [0.3, 0.4) is 0 Å². The predicted octanol–water partition coefficient (Wildman–Crippen LogP) is 1.87. The highest BCUT2D eigenvalue weighted by Crippen LogP contribution is 2.20. The average Bonchev–Trinajstić information content (AvgIpc) is 2.39. The molecule has 0 radical (unpaired) electrons. The van der Waals surface area contributed by atoms with E-state index in [4.69, 9.17) is 0 Å². The van der Waals surface area contributed by atoms with Crippen molar-refractivity contribution < 1.29 is 4.79 Å². The second kappa shape index (κ2) is 5.38. The lowest BCUT2D eigenvalue weighted by molar-refractivity contribution is -0.129. The number of aromatic nitrogens is 1. The van der Waals surface area contributed by atoms with E-state index in [1.165, 1.54) is 5.69 Å². The van der Waals surface area contributed by atoms with E-state index in [1.54, 1.807) is 6.92 Å². The maximum Gasteiger partial charge on any atom is 0.219 e. The van der Waals surface area contributed by atoms with Crippen molar-refractivity contribution in [2.75, 3.05) is 31.1 Å². The van der Waals surface area contributed by atoms with Crippen molar-refractivity contribution in [3.63, 3.8) is 0 Å². The molecule has 0 saturated carbocycles. The molecule has 1 fully saturated rings. The summed E-state index contributed by atoms with van der Waals surface area (Å²) in [4.78, 5) is 19.9. The highest BCUT2D eigenvalue weighted by atomic mass is 16.2. The maximum absolute atomic E-state index is 11.3. The fourth-order valence-electron chi connectivity index (χ4n) is 2.23. The molecule has 4 heteroatoms. The van der Waals surface area contributed by atoms with Gasteiger partial charge in [0, 0.05) is 50.7 Å². The van der Waals surface area contributed by atoms with Crippen molar-refractivity contribution >= 4 is 11.6 Å². The molecule has 98 valence electrons. The van der Waals surface area contributed by atoms with Crippen molar-refractivity contribution in [1.29, 1.82) is 0 Å². The van der Waals surface area contributed by atoms with E-state index in [0.29, 0.717) is 5.92 Å². The Morgan fingerprint density at radius 1 is 1.28 bits per heavy atom. The molecule has 1 aromatic heterocycles. The Morgan fingerprint density at radius 2 is 1.94 bits per heavy atom. The third-order valence-corrected chi connectivity index (χ3v) is 3.45. The Morgan fingerprint density at radius 3 is 2.50 bits per heavy atom. The largest absolute Gasteiger partial charge is 0.368 e. The minimum Gasteiger partial charge on any atom is -0.368 e. The van der Waals surface area contributed by atoms with Crippen LogP contribution in [0.25, 0.3) is 0 Å². The Kier molecular flexibility index (Phi) is 3.84.